The molecule has 2 heterocycles. The number of likely N-dealkylation sites (N-methyl/N-ethyl adjacent to an activating group) is 1. The molecule has 1 fully saturated rings. The molecule has 1 atom stereocenters. The predicted molar refractivity (Wildman–Crippen MR) is 65.3 cm³/mol. The summed E-state index contributed by atoms with van der Waals surface area (Å²) in [5.41, 5.74) is 1.25. The number of halogens is 1. The molecule has 92 valence electrons. The standard InChI is InChI=1S/C12H15ClN2O2/c1-8-5-11(13)10(6-14-8)12(16)15(2)9-3-4-17-7-9/h5-6,9H,3-4,7H2,1-2H3. The zero-order valence-corrected chi connectivity index (χ0v) is 10.7. The van der Waals surface area contributed by atoms with Crippen LogP contribution in [0.15, 0.2) is 12.3 Å². The number of hydrogen-bond acceptors (Lipinski definition) is 3. The fourth-order valence-corrected chi connectivity index (χ4v) is 2.15. The average molecular weight is 255 g/mol. The van der Waals surface area contributed by atoms with E-state index in [9.17, 15) is 4.79 Å². The van der Waals surface area contributed by atoms with Crippen LogP contribution in [0.2, 0.25) is 5.02 Å². The first-order valence-corrected chi connectivity index (χ1v) is 5.94. The lowest BCUT2D eigenvalue weighted by molar-refractivity contribution is 0.0711. The van der Waals surface area contributed by atoms with Gasteiger partial charge in [0.2, 0.25) is 0 Å². The first-order chi connectivity index (χ1) is 8.09. The van der Waals surface area contributed by atoms with E-state index < -0.39 is 0 Å². The Kier molecular flexibility index (Phi) is 3.64. The summed E-state index contributed by atoms with van der Waals surface area (Å²) in [5.74, 6) is -0.0991. The Balaban J connectivity index is 2.18. The van der Waals surface area contributed by atoms with Gasteiger partial charge in [-0.1, -0.05) is 11.6 Å². The number of carbonyl (C=O) groups is 1. The van der Waals surface area contributed by atoms with Crippen molar-refractivity contribution in [3.8, 4) is 0 Å². The monoisotopic (exact) mass is 254 g/mol. The second kappa shape index (κ2) is 5.02. The van der Waals surface area contributed by atoms with Crippen LogP contribution >= 0.6 is 11.6 Å². The van der Waals surface area contributed by atoms with Gasteiger partial charge in [-0.2, -0.15) is 0 Å². The van der Waals surface area contributed by atoms with Crippen LogP contribution in [0.3, 0.4) is 0 Å². The number of ether oxygens (including phenoxy) is 1. The molecular formula is C12H15ClN2O2. The van der Waals surface area contributed by atoms with Crippen LogP contribution in [0.5, 0.6) is 0 Å². The van der Waals surface area contributed by atoms with Gasteiger partial charge in [0.1, 0.15) is 0 Å². The zero-order chi connectivity index (χ0) is 12.4. The van der Waals surface area contributed by atoms with E-state index in [1.807, 2.05) is 6.92 Å². The van der Waals surface area contributed by atoms with Crippen LogP contribution in [0.25, 0.3) is 0 Å². The molecule has 2 rings (SSSR count). The van der Waals surface area contributed by atoms with Crippen molar-refractivity contribution in [2.75, 3.05) is 20.3 Å². The second-order valence-electron chi connectivity index (χ2n) is 4.24. The molecule has 0 spiro atoms. The van der Waals surface area contributed by atoms with Gasteiger partial charge in [-0.3, -0.25) is 9.78 Å². The highest BCUT2D eigenvalue weighted by Gasteiger charge is 2.26. The number of nitrogens with zero attached hydrogens (tertiary/aromatic N) is 2. The van der Waals surface area contributed by atoms with Gasteiger partial charge in [0.15, 0.2) is 0 Å². The van der Waals surface area contributed by atoms with E-state index >= 15 is 0 Å². The van der Waals surface area contributed by atoms with E-state index in [0.717, 1.165) is 12.1 Å². The van der Waals surface area contributed by atoms with E-state index in [0.29, 0.717) is 23.8 Å². The van der Waals surface area contributed by atoms with E-state index in [-0.39, 0.29) is 11.9 Å². The molecule has 1 unspecified atom stereocenters. The maximum atomic E-state index is 12.2. The Morgan fingerprint density at radius 1 is 1.65 bits per heavy atom. The highest BCUT2D eigenvalue weighted by atomic mass is 35.5. The van der Waals surface area contributed by atoms with E-state index in [1.54, 1.807) is 18.0 Å². The Labute approximate surface area is 106 Å². The van der Waals surface area contributed by atoms with E-state index in [2.05, 4.69) is 4.98 Å². The van der Waals surface area contributed by atoms with Crippen molar-refractivity contribution in [1.29, 1.82) is 0 Å². The lowest BCUT2D eigenvalue weighted by Gasteiger charge is -2.23. The first-order valence-electron chi connectivity index (χ1n) is 5.56. The van der Waals surface area contributed by atoms with Crippen LogP contribution in [0, 0.1) is 6.92 Å². The minimum absolute atomic E-state index is 0.0991. The van der Waals surface area contributed by atoms with Crippen molar-refractivity contribution in [1.82, 2.24) is 9.88 Å². The van der Waals surface area contributed by atoms with Crippen LogP contribution in [0.4, 0.5) is 0 Å². The fraction of sp³-hybridized carbons (Fsp3) is 0.500. The highest BCUT2D eigenvalue weighted by molar-refractivity contribution is 6.33. The molecule has 0 N–H and O–H groups in total. The lowest BCUT2D eigenvalue weighted by Crippen LogP contribution is -2.37. The zero-order valence-electron chi connectivity index (χ0n) is 9.94. The summed E-state index contributed by atoms with van der Waals surface area (Å²) >= 11 is 6.06. The number of aryl methyl sites for hydroxylation is 1. The Morgan fingerprint density at radius 2 is 2.41 bits per heavy atom. The van der Waals surface area contributed by atoms with Crippen LogP contribution < -0.4 is 0 Å². The molecule has 0 aromatic carbocycles. The van der Waals surface area contributed by atoms with Crippen molar-refractivity contribution >= 4 is 17.5 Å². The van der Waals surface area contributed by atoms with Gasteiger partial charge < -0.3 is 9.64 Å². The average Bonchev–Trinajstić information content (AvgIpc) is 2.80. The van der Waals surface area contributed by atoms with Crippen LogP contribution in [0.1, 0.15) is 22.5 Å². The number of pyridine rings is 1. The third-order valence-corrected chi connectivity index (χ3v) is 3.31. The third-order valence-electron chi connectivity index (χ3n) is 2.99. The maximum Gasteiger partial charge on any atom is 0.257 e. The fourth-order valence-electron chi connectivity index (χ4n) is 1.87. The Hall–Kier alpha value is -1.13. The van der Waals surface area contributed by atoms with Gasteiger partial charge in [0.05, 0.1) is 23.2 Å². The summed E-state index contributed by atoms with van der Waals surface area (Å²) in [4.78, 5) is 18.0. The molecule has 1 amide bonds. The highest BCUT2D eigenvalue weighted by Crippen LogP contribution is 2.20. The SMILES string of the molecule is Cc1cc(Cl)c(C(=O)N(C)C2CCOC2)cn1. The number of carbonyl (C=O) groups excluding carboxylic acids is 1. The minimum Gasteiger partial charge on any atom is -0.379 e. The summed E-state index contributed by atoms with van der Waals surface area (Å²) in [6.07, 6.45) is 2.41. The van der Waals surface area contributed by atoms with Crippen molar-refractivity contribution in [3.05, 3.63) is 28.5 Å². The number of rotatable bonds is 2. The minimum atomic E-state index is -0.0991. The molecule has 0 saturated carbocycles. The maximum absolute atomic E-state index is 12.2. The molecule has 1 saturated heterocycles. The number of amides is 1. The molecule has 1 aliphatic heterocycles. The third kappa shape index (κ3) is 2.58. The lowest BCUT2D eigenvalue weighted by atomic mass is 10.2. The van der Waals surface area contributed by atoms with Crippen LogP contribution in [-0.2, 0) is 4.74 Å². The van der Waals surface area contributed by atoms with E-state index in [4.69, 9.17) is 16.3 Å². The van der Waals surface area contributed by atoms with Crippen molar-refractivity contribution in [3.63, 3.8) is 0 Å². The largest absolute Gasteiger partial charge is 0.379 e. The van der Waals surface area contributed by atoms with Gasteiger partial charge in [0, 0.05) is 25.5 Å². The van der Waals surface area contributed by atoms with Crippen molar-refractivity contribution in [2.24, 2.45) is 0 Å². The van der Waals surface area contributed by atoms with Crippen molar-refractivity contribution < 1.29 is 9.53 Å². The molecule has 4 nitrogen and oxygen atoms in total. The Bertz CT molecular complexity index is 431. The summed E-state index contributed by atoms with van der Waals surface area (Å²) in [6.45, 7) is 3.15. The van der Waals surface area contributed by atoms with Crippen LogP contribution in [-0.4, -0.2) is 42.1 Å². The molecule has 1 aromatic rings. The second-order valence-corrected chi connectivity index (χ2v) is 4.65. The van der Waals surface area contributed by atoms with Gasteiger partial charge in [-0.05, 0) is 19.4 Å². The molecule has 1 aromatic heterocycles. The molecule has 1 aliphatic rings. The molecule has 0 bridgehead atoms. The predicted octanol–water partition coefficient (Wildman–Crippen LogP) is 1.90. The van der Waals surface area contributed by atoms with Gasteiger partial charge >= 0.3 is 0 Å². The quantitative estimate of drug-likeness (QED) is 0.810. The summed E-state index contributed by atoms with van der Waals surface area (Å²) in [6, 6.07) is 1.84. The molecular weight excluding hydrogens is 240 g/mol. The molecule has 5 heteroatoms. The normalized spacial score (nSPS) is 19.4. The topological polar surface area (TPSA) is 42.4 Å². The molecule has 0 radical (unpaired) electrons. The molecule has 17 heavy (non-hydrogen) atoms. The smallest absolute Gasteiger partial charge is 0.257 e. The number of hydrogen-bond donors (Lipinski definition) is 0. The number of aromatic nitrogens is 1. The van der Waals surface area contributed by atoms with Crippen molar-refractivity contribution in [2.45, 2.75) is 19.4 Å². The van der Waals surface area contributed by atoms with Gasteiger partial charge in [-0.15, -0.1) is 0 Å². The first kappa shape index (κ1) is 12.3. The van der Waals surface area contributed by atoms with E-state index in [1.165, 1.54) is 6.20 Å². The van der Waals surface area contributed by atoms with Gasteiger partial charge in [-0.25, -0.2) is 0 Å². The Morgan fingerprint density at radius 3 is 3.00 bits per heavy atom. The summed E-state index contributed by atoms with van der Waals surface area (Å²) in [5, 5.41) is 0.452. The summed E-state index contributed by atoms with van der Waals surface area (Å²) in [7, 11) is 1.78. The molecule has 0 aliphatic carbocycles. The van der Waals surface area contributed by atoms with Gasteiger partial charge in [0.25, 0.3) is 5.91 Å². The summed E-state index contributed by atoms with van der Waals surface area (Å²) < 4.78 is 5.27.